The van der Waals surface area contributed by atoms with Crippen LogP contribution in [0.4, 0.5) is 0 Å². The van der Waals surface area contributed by atoms with E-state index in [1.165, 1.54) is 18.4 Å². The Bertz CT molecular complexity index is 331. The number of ether oxygens (including phenoxy) is 1. The van der Waals surface area contributed by atoms with Gasteiger partial charge in [-0.2, -0.15) is 0 Å². The van der Waals surface area contributed by atoms with Gasteiger partial charge in [-0.05, 0) is 50.8 Å². The molecule has 1 aliphatic rings. The maximum absolute atomic E-state index is 5.35. The first kappa shape index (κ1) is 12.7. The van der Waals surface area contributed by atoms with E-state index in [0.29, 0.717) is 6.04 Å². The average molecular weight is 236 g/mol. The summed E-state index contributed by atoms with van der Waals surface area (Å²) in [5.74, 6) is 0.860. The van der Waals surface area contributed by atoms with Crippen LogP contribution < -0.4 is 5.32 Å². The first-order valence-electron chi connectivity index (χ1n) is 6.75. The SMILES string of the molecule is CCOCCCn1ccc(C(NC)C2CC2)c1. The fourth-order valence-electron chi connectivity index (χ4n) is 2.38. The molecule has 1 unspecified atom stereocenters. The van der Waals surface area contributed by atoms with Crippen LogP contribution in [0.1, 0.15) is 37.8 Å². The van der Waals surface area contributed by atoms with Gasteiger partial charge in [0.25, 0.3) is 0 Å². The molecular weight excluding hydrogens is 212 g/mol. The van der Waals surface area contributed by atoms with Crippen molar-refractivity contribution in [1.29, 1.82) is 0 Å². The van der Waals surface area contributed by atoms with Crippen LogP contribution in [0.25, 0.3) is 0 Å². The molecule has 0 bridgehead atoms. The number of rotatable bonds is 8. The Hall–Kier alpha value is -0.800. The van der Waals surface area contributed by atoms with Gasteiger partial charge in [0.2, 0.25) is 0 Å². The molecule has 17 heavy (non-hydrogen) atoms. The molecule has 1 aromatic rings. The number of hydrogen-bond donors (Lipinski definition) is 1. The highest BCUT2D eigenvalue weighted by Gasteiger charge is 2.31. The summed E-state index contributed by atoms with van der Waals surface area (Å²) in [6.45, 7) is 4.78. The van der Waals surface area contributed by atoms with Gasteiger partial charge in [-0.15, -0.1) is 0 Å². The Kier molecular flexibility index (Phi) is 4.63. The normalized spacial score (nSPS) is 17.3. The summed E-state index contributed by atoms with van der Waals surface area (Å²) in [7, 11) is 2.06. The lowest BCUT2D eigenvalue weighted by atomic mass is 10.1. The zero-order valence-corrected chi connectivity index (χ0v) is 11.0. The van der Waals surface area contributed by atoms with Crippen molar-refractivity contribution in [3.63, 3.8) is 0 Å². The van der Waals surface area contributed by atoms with Gasteiger partial charge in [-0.3, -0.25) is 0 Å². The van der Waals surface area contributed by atoms with E-state index in [-0.39, 0.29) is 0 Å². The van der Waals surface area contributed by atoms with E-state index in [1.807, 2.05) is 6.92 Å². The van der Waals surface area contributed by atoms with Gasteiger partial charge in [0.05, 0.1) is 0 Å². The summed E-state index contributed by atoms with van der Waals surface area (Å²) in [5, 5.41) is 3.43. The van der Waals surface area contributed by atoms with Crippen molar-refractivity contribution in [1.82, 2.24) is 9.88 Å². The molecule has 0 aromatic carbocycles. The number of aromatic nitrogens is 1. The van der Waals surface area contributed by atoms with E-state index < -0.39 is 0 Å². The molecule has 1 atom stereocenters. The summed E-state index contributed by atoms with van der Waals surface area (Å²) in [6, 6.07) is 2.81. The van der Waals surface area contributed by atoms with Crippen LogP contribution in [0.15, 0.2) is 18.5 Å². The second-order valence-electron chi connectivity index (χ2n) is 4.84. The van der Waals surface area contributed by atoms with E-state index in [2.05, 4.69) is 35.4 Å². The lowest BCUT2D eigenvalue weighted by Crippen LogP contribution is -2.17. The van der Waals surface area contributed by atoms with E-state index in [1.54, 1.807) is 0 Å². The Balaban J connectivity index is 1.82. The maximum atomic E-state index is 5.35. The molecule has 1 aromatic heterocycles. The third kappa shape index (κ3) is 3.58. The van der Waals surface area contributed by atoms with Crippen LogP contribution in [0.3, 0.4) is 0 Å². The van der Waals surface area contributed by atoms with Crippen molar-refractivity contribution in [2.75, 3.05) is 20.3 Å². The molecule has 1 saturated carbocycles. The van der Waals surface area contributed by atoms with Crippen LogP contribution >= 0.6 is 0 Å². The molecule has 1 heterocycles. The van der Waals surface area contributed by atoms with Crippen LogP contribution in [0, 0.1) is 5.92 Å². The van der Waals surface area contributed by atoms with E-state index in [9.17, 15) is 0 Å². The first-order valence-corrected chi connectivity index (χ1v) is 6.75. The monoisotopic (exact) mass is 236 g/mol. The van der Waals surface area contributed by atoms with Gasteiger partial charge in [0, 0.05) is 38.2 Å². The summed E-state index contributed by atoms with van der Waals surface area (Å²) in [6.07, 6.45) is 8.32. The molecule has 1 fully saturated rings. The minimum Gasteiger partial charge on any atom is -0.382 e. The topological polar surface area (TPSA) is 26.2 Å². The molecular formula is C14H24N2O. The first-order chi connectivity index (χ1) is 8.35. The molecule has 1 aliphatic carbocycles. The zero-order valence-electron chi connectivity index (χ0n) is 11.0. The highest BCUT2D eigenvalue weighted by Crippen LogP contribution is 2.40. The second kappa shape index (κ2) is 6.22. The van der Waals surface area contributed by atoms with E-state index in [4.69, 9.17) is 4.74 Å². The van der Waals surface area contributed by atoms with Gasteiger partial charge in [0.15, 0.2) is 0 Å². The van der Waals surface area contributed by atoms with E-state index in [0.717, 1.165) is 32.1 Å². The molecule has 0 amide bonds. The lowest BCUT2D eigenvalue weighted by molar-refractivity contribution is 0.141. The smallest absolute Gasteiger partial charge is 0.0482 e. The summed E-state index contributed by atoms with van der Waals surface area (Å²) >= 11 is 0. The van der Waals surface area contributed by atoms with Crippen LogP contribution in [0.2, 0.25) is 0 Å². The molecule has 3 nitrogen and oxygen atoms in total. The number of nitrogens with one attached hydrogen (secondary N) is 1. The van der Waals surface area contributed by atoms with Crippen molar-refractivity contribution < 1.29 is 4.74 Å². The number of nitrogens with zero attached hydrogens (tertiary/aromatic N) is 1. The third-order valence-electron chi connectivity index (χ3n) is 3.45. The quantitative estimate of drug-likeness (QED) is 0.702. The maximum Gasteiger partial charge on any atom is 0.0482 e. The standard InChI is InChI=1S/C14H24N2O/c1-3-17-10-4-8-16-9-7-13(11-16)14(15-2)12-5-6-12/h7,9,11-12,14-15H,3-6,8,10H2,1-2H3. The predicted molar refractivity (Wildman–Crippen MR) is 70.1 cm³/mol. The van der Waals surface area contributed by atoms with Crippen molar-refractivity contribution in [2.24, 2.45) is 5.92 Å². The summed E-state index contributed by atoms with van der Waals surface area (Å²) in [5.41, 5.74) is 1.44. The molecule has 0 radical (unpaired) electrons. The number of hydrogen-bond acceptors (Lipinski definition) is 2. The minimum absolute atomic E-state index is 0.558. The van der Waals surface area contributed by atoms with Gasteiger partial charge >= 0.3 is 0 Å². The minimum atomic E-state index is 0.558. The van der Waals surface area contributed by atoms with Crippen LogP contribution in [0.5, 0.6) is 0 Å². The molecule has 0 spiro atoms. The Morgan fingerprint density at radius 1 is 1.53 bits per heavy atom. The van der Waals surface area contributed by atoms with E-state index >= 15 is 0 Å². The zero-order chi connectivity index (χ0) is 12.1. The second-order valence-corrected chi connectivity index (χ2v) is 4.84. The van der Waals surface area contributed by atoms with Crippen molar-refractivity contribution >= 4 is 0 Å². The van der Waals surface area contributed by atoms with Crippen LogP contribution in [-0.2, 0) is 11.3 Å². The average Bonchev–Trinajstić information content (AvgIpc) is 3.06. The summed E-state index contributed by atoms with van der Waals surface area (Å²) in [4.78, 5) is 0. The van der Waals surface area contributed by atoms with Gasteiger partial charge in [0.1, 0.15) is 0 Å². The molecule has 0 aliphatic heterocycles. The third-order valence-corrected chi connectivity index (χ3v) is 3.45. The Morgan fingerprint density at radius 3 is 3.00 bits per heavy atom. The molecule has 1 N–H and O–H groups in total. The summed E-state index contributed by atoms with van der Waals surface area (Å²) < 4.78 is 7.63. The highest BCUT2D eigenvalue weighted by molar-refractivity contribution is 5.18. The van der Waals surface area contributed by atoms with Crippen LogP contribution in [-0.4, -0.2) is 24.8 Å². The van der Waals surface area contributed by atoms with Gasteiger partial charge in [-0.1, -0.05) is 0 Å². The van der Waals surface area contributed by atoms with Gasteiger partial charge in [-0.25, -0.2) is 0 Å². The van der Waals surface area contributed by atoms with Gasteiger partial charge < -0.3 is 14.6 Å². The largest absolute Gasteiger partial charge is 0.382 e. The Labute approximate surface area is 104 Å². The lowest BCUT2D eigenvalue weighted by Gasteiger charge is -2.13. The Morgan fingerprint density at radius 2 is 2.35 bits per heavy atom. The highest BCUT2D eigenvalue weighted by atomic mass is 16.5. The fraction of sp³-hybridized carbons (Fsp3) is 0.714. The molecule has 0 saturated heterocycles. The molecule has 96 valence electrons. The van der Waals surface area contributed by atoms with Crippen molar-refractivity contribution in [3.8, 4) is 0 Å². The molecule has 3 heteroatoms. The van der Waals surface area contributed by atoms with Crippen molar-refractivity contribution in [2.45, 2.75) is 38.8 Å². The number of aryl methyl sites for hydroxylation is 1. The van der Waals surface area contributed by atoms with Crippen molar-refractivity contribution in [3.05, 3.63) is 24.0 Å². The fourth-order valence-corrected chi connectivity index (χ4v) is 2.38. The predicted octanol–water partition coefficient (Wildman–Crippen LogP) is 2.59. The molecule has 2 rings (SSSR count).